The van der Waals surface area contributed by atoms with E-state index in [0.717, 1.165) is 11.3 Å². The molecule has 0 aliphatic carbocycles. The lowest BCUT2D eigenvalue weighted by molar-refractivity contribution is -0.145. The molecule has 0 radical (unpaired) electrons. The second-order valence-electron chi connectivity index (χ2n) is 3.03. The first-order valence-electron chi connectivity index (χ1n) is 4.18. The zero-order valence-corrected chi connectivity index (χ0v) is 8.14. The minimum Gasteiger partial charge on any atom is -0.453 e. The third kappa shape index (κ3) is 1.65. The summed E-state index contributed by atoms with van der Waals surface area (Å²) in [6.45, 7) is 1.78. The van der Waals surface area contributed by atoms with E-state index in [4.69, 9.17) is 4.74 Å². The minimum absolute atomic E-state index is 0.0591. The maximum absolute atomic E-state index is 11.2. The van der Waals surface area contributed by atoms with Gasteiger partial charge in [-0.2, -0.15) is 0 Å². The molecule has 0 aromatic carbocycles. The number of rotatable bonds is 1. The van der Waals surface area contributed by atoms with Crippen LogP contribution >= 0.6 is 11.3 Å². The molecule has 0 spiro atoms. The van der Waals surface area contributed by atoms with E-state index in [1.165, 1.54) is 0 Å². The first-order valence-corrected chi connectivity index (χ1v) is 5.06. The third-order valence-electron chi connectivity index (χ3n) is 2.07. The van der Waals surface area contributed by atoms with Gasteiger partial charge in [-0.1, -0.05) is 12.1 Å². The SMILES string of the molecule is CC1=CC[C@H](c2cccs2)OC1=O. The van der Waals surface area contributed by atoms with Gasteiger partial charge in [-0.05, 0) is 18.4 Å². The van der Waals surface area contributed by atoms with Crippen LogP contribution in [0.15, 0.2) is 29.2 Å². The Bertz CT molecular complexity index is 338. The van der Waals surface area contributed by atoms with Crippen molar-refractivity contribution in [3.05, 3.63) is 34.0 Å². The van der Waals surface area contributed by atoms with E-state index in [2.05, 4.69) is 0 Å². The predicted octanol–water partition coefficient (Wildman–Crippen LogP) is 2.68. The fraction of sp³-hybridized carbons (Fsp3) is 0.300. The minimum atomic E-state index is -0.190. The Morgan fingerprint density at radius 2 is 2.46 bits per heavy atom. The molecule has 1 aromatic heterocycles. The molecule has 13 heavy (non-hydrogen) atoms. The summed E-state index contributed by atoms with van der Waals surface area (Å²) in [5.74, 6) is -0.190. The summed E-state index contributed by atoms with van der Waals surface area (Å²) in [5.41, 5.74) is 0.716. The monoisotopic (exact) mass is 194 g/mol. The third-order valence-corrected chi connectivity index (χ3v) is 3.03. The van der Waals surface area contributed by atoms with Gasteiger partial charge in [-0.15, -0.1) is 11.3 Å². The molecule has 2 rings (SSSR count). The van der Waals surface area contributed by atoms with Gasteiger partial charge < -0.3 is 4.74 Å². The zero-order valence-electron chi connectivity index (χ0n) is 7.32. The van der Waals surface area contributed by atoms with Crippen molar-refractivity contribution in [2.45, 2.75) is 19.4 Å². The van der Waals surface area contributed by atoms with Gasteiger partial charge in [0.1, 0.15) is 6.10 Å². The summed E-state index contributed by atoms with van der Waals surface area (Å²) in [5, 5.41) is 1.99. The van der Waals surface area contributed by atoms with E-state index in [-0.39, 0.29) is 12.1 Å². The number of esters is 1. The van der Waals surface area contributed by atoms with Crippen LogP contribution < -0.4 is 0 Å². The van der Waals surface area contributed by atoms with Crippen molar-refractivity contribution in [1.29, 1.82) is 0 Å². The van der Waals surface area contributed by atoms with E-state index in [1.54, 1.807) is 18.3 Å². The Morgan fingerprint density at radius 1 is 1.62 bits per heavy atom. The van der Waals surface area contributed by atoms with Crippen LogP contribution in [0.25, 0.3) is 0 Å². The van der Waals surface area contributed by atoms with E-state index in [0.29, 0.717) is 5.57 Å². The number of ether oxygens (including phenoxy) is 1. The smallest absolute Gasteiger partial charge is 0.334 e. The lowest BCUT2D eigenvalue weighted by atomic mass is 10.1. The van der Waals surface area contributed by atoms with E-state index in [9.17, 15) is 4.79 Å². The van der Waals surface area contributed by atoms with Gasteiger partial charge in [-0.25, -0.2) is 4.79 Å². The number of carbonyl (C=O) groups is 1. The molecule has 0 amide bonds. The van der Waals surface area contributed by atoms with Crippen molar-refractivity contribution in [1.82, 2.24) is 0 Å². The summed E-state index contributed by atoms with van der Waals surface area (Å²) < 4.78 is 5.25. The number of carbonyl (C=O) groups excluding carboxylic acids is 1. The molecule has 0 saturated carbocycles. The maximum Gasteiger partial charge on any atom is 0.334 e. The van der Waals surface area contributed by atoms with Gasteiger partial charge in [0.05, 0.1) is 0 Å². The molecule has 0 saturated heterocycles. The average molecular weight is 194 g/mol. The van der Waals surface area contributed by atoms with Crippen molar-refractivity contribution in [3.63, 3.8) is 0 Å². The molecule has 1 aliphatic heterocycles. The number of cyclic esters (lactones) is 1. The fourth-order valence-electron chi connectivity index (χ4n) is 1.29. The molecule has 2 nitrogen and oxygen atoms in total. The highest BCUT2D eigenvalue weighted by atomic mass is 32.1. The normalized spacial score (nSPS) is 22.4. The quantitative estimate of drug-likeness (QED) is 0.642. The van der Waals surface area contributed by atoms with Crippen LogP contribution in [0.3, 0.4) is 0 Å². The van der Waals surface area contributed by atoms with E-state index >= 15 is 0 Å². The fourth-order valence-corrected chi connectivity index (χ4v) is 2.05. The first kappa shape index (κ1) is 8.51. The van der Waals surface area contributed by atoms with Crippen LogP contribution in [-0.2, 0) is 9.53 Å². The Balaban J connectivity index is 2.18. The molecule has 0 fully saturated rings. The lowest BCUT2D eigenvalue weighted by Gasteiger charge is -2.19. The molecule has 0 unspecified atom stereocenters. The van der Waals surface area contributed by atoms with Crippen molar-refractivity contribution in [2.24, 2.45) is 0 Å². The van der Waals surface area contributed by atoms with Crippen molar-refractivity contribution >= 4 is 17.3 Å². The molecule has 3 heteroatoms. The second-order valence-corrected chi connectivity index (χ2v) is 4.01. The maximum atomic E-state index is 11.2. The lowest BCUT2D eigenvalue weighted by Crippen LogP contribution is -2.15. The largest absolute Gasteiger partial charge is 0.453 e. The van der Waals surface area contributed by atoms with Gasteiger partial charge in [0.2, 0.25) is 0 Å². The van der Waals surface area contributed by atoms with Gasteiger partial charge >= 0.3 is 5.97 Å². The van der Waals surface area contributed by atoms with Crippen LogP contribution in [0.5, 0.6) is 0 Å². The van der Waals surface area contributed by atoms with Crippen LogP contribution in [-0.4, -0.2) is 5.97 Å². The van der Waals surface area contributed by atoms with Crippen molar-refractivity contribution in [3.8, 4) is 0 Å². The number of thiophene rings is 1. The molecule has 1 atom stereocenters. The Kier molecular flexibility index (Phi) is 2.19. The number of hydrogen-bond donors (Lipinski definition) is 0. The molecular formula is C10H10O2S. The van der Waals surface area contributed by atoms with Gasteiger partial charge in [-0.3, -0.25) is 0 Å². The Labute approximate surface area is 80.8 Å². The van der Waals surface area contributed by atoms with Gasteiger partial charge in [0.15, 0.2) is 0 Å². The van der Waals surface area contributed by atoms with Crippen molar-refractivity contribution in [2.75, 3.05) is 0 Å². The van der Waals surface area contributed by atoms with Crippen LogP contribution in [0, 0.1) is 0 Å². The summed E-state index contributed by atoms with van der Waals surface area (Å²) >= 11 is 1.63. The van der Waals surface area contributed by atoms with Crippen LogP contribution in [0.2, 0.25) is 0 Å². The molecule has 0 N–H and O–H groups in total. The van der Waals surface area contributed by atoms with E-state index in [1.807, 2.05) is 23.6 Å². The molecule has 0 bridgehead atoms. The summed E-state index contributed by atoms with van der Waals surface area (Å²) in [6, 6.07) is 3.97. The molecule has 68 valence electrons. The van der Waals surface area contributed by atoms with Gasteiger partial charge in [0, 0.05) is 16.9 Å². The van der Waals surface area contributed by atoms with E-state index < -0.39 is 0 Å². The average Bonchev–Trinajstić information content (AvgIpc) is 2.62. The standard InChI is InChI=1S/C10H10O2S/c1-7-4-5-8(12-10(7)11)9-3-2-6-13-9/h2-4,6,8H,5H2,1H3/t8-/m1/s1. The molecule has 2 heterocycles. The Hall–Kier alpha value is -1.09. The summed E-state index contributed by atoms with van der Waals surface area (Å²) in [6.07, 6.45) is 2.69. The topological polar surface area (TPSA) is 26.3 Å². The van der Waals surface area contributed by atoms with Gasteiger partial charge in [0.25, 0.3) is 0 Å². The van der Waals surface area contributed by atoms with Crippen molar-refractivity contribution < 1.29 is 9.53 Å². The summed E-state index contributed by atoms with van der Waals surface area (Å²) in [4.78, 5) is 12.3. The highest BCUT2D eigenvalue weighted by Crippen LogP contribution is 2.30. The molecular weight excluding hydrogens is 184 g/mol. The molecule has 1 aromatic rings. The summed E-state index contributed by atoms with van der Waals surface area (Å²) in [7, 11) is 0. The highest BCUT2D eigenvalue weighted by molar-refractivity contribution is 7.10. The molecule has 1 aliphatic rings. The first-order chi connectivity index (χ1) is 6.27. The number of hydrogen-bond acceptors (Lipinski definition) is 3. The van der Waals surface area contributed by atoms with Crippen LogP contribution in [0.1, 0.15) is 24.3 Å². The highest BCUT2D eigenvalue weighted by Gasteiger charge is 2.21. The van der Waals surface area contributed by atoms with Crippen LogP contribution in [0.4, 0.5) is 0 Å². The zero-order chi connectivity index (χ0) is 9.26. The predicted molar refractivity (Wildman–Crippen MR) is 51.5 cm³/mol. The second kappa shape index (κ2) is 3.34. The Morgan fingerprint density at radius 3 is 3.08 bits per heavy atom.